The van der Waals surface area contributed by atoms with Crippen molar-refractivity contribution in [3.63, 3.8) is 0 Å². The standard InChI is InChI=1S/C19H22N4O4S2/c1-23(14-6-3-2-4-7-14)29(24,25)15-9-10-18(20-12-15)28-13-17-21-22-19(27-17)16-8-5-11-26-16/h5,8-12,14H,2-4,6-7,13H2,1H3. The van der Waals surface area contributed by atoms with Gasteiger partial charge in [-0.15, -0.1) is 10.2 Å². The van der Waals surface area contributed by atoms with Gasteiger partial charge in [-0.2, -0.15) is 4.31 Å². The molecule has 0 unspecified atom stereocenters. The summed E-state index contributed by atoms with van der Waals surface area (Å²) < 4.78 is 38.0. The molecule has 8 nitrogen and oxygen atoms in total. The Morgan fingerprint density at radius 3 is 2.69 bits per heavy atom. The number of thioether (sulfide) groups is 1. The number of aromatic nitrogens is 3. The van der Waals surface area contributed by atoms with E-state index < -0.39 is 10.0 Å². The number of pyridine rings is 1. The number of nitrogens with zero attached hydrogens (tertiary/aromatic N) is 4. The summed E-state index contributed by atoms with van der Waals surface area (Å²) in [6.07, 6.45) is 8.13. The fourth-order valence-electron chi connectivity index (χ4n) is 3.36. The molecule has 0 amide bonds. The zero-order chi connectivity index (χ0) is 20.3. The van der Waals surface area contributed by atoms with Crippen LogP contribution in [-0.2, 0) is 15.8 Å². The third-order valence-corrected chi connectivity index (χ3v) is 7.84. The predicted molar refractivity (Wildman–Crippen MR) is 108 cm³/mol. The fourth-order valence-corrected chi connectivity index (χ4v) is 5.40. The van der Waals surface area contributed by atoms with Crippen molar-refractivity contribution in [1.82, 2.24) is 19.5 Å². The number of furan rings is 1. The quantitative estimate of drug-likeness (QED) is 0.515. The largest absolute Gasteiger partial charge is 0.459 e. The van der Waals surface area contributed by atoms with Gasteiger partial charge in [-0.05, 0) is 37.1 Å². The first kappa shape index (κ1) is 20.1. The van der Waals surface area contributed by atoms with Crippen molar-refractivity contribution in [3.8, 4) is 11.7 Å². The van der Waals surface area contributed by atoms with Crippen molar-refractivity contribution in [3.05, 3.63) is 42.6 Å². The normalized spacial score (nSPS) is 15.8. The Morgan fingerprint density at radius 2 is 2.00 bits per heavy atom. The molecule has 0 saturated heterocycles. The van der Waals surface area contributed by atoms with Crippen LogP contribution in [0.4, 0.5) is 0 Å². The summed E-state index contributed by atoms with van der Waals surface area (Å²) in [4.78, 5) is 4.51. The highest BCUT2D eigenvalue weighted by atomic mass is 32.2. The minimum absolute atomic E-state index is 0.0729. The number of sulfonamides is 1. The molecule has 0 radical (unpaired) electrons. The van der Waals surface area contributed by atoms with E-state index in [-0.39, 0.29) is 10.9 Å². The molecule has 1 aliphatic carbocycles. The molecular weight excluding hydrogens is 412 g/mol. The van der Waals surface area contributed by atoms with Crippen LogP contribution >= 0.6 is 11.8 Å². The van der Waals surface area contributed by atoms with Crippen molar-refractivity contribution in [1.29, 1.82) is 0 Å². The van der Waals surface area contributed by atoms with Crippen molar-refractivity contribution < 1.29 is 17.3 Å². The highest BCUT2D eigenvalue weighted by Crippen LogP contribution is 2.28. The zero-order valence-corrected chi connectivity index (χ0v) is 17.7. The average Bonchev–Trinajstić information content (AvgIpc) is 3.44. The first-order chi connectivity index (χ1) is 14.0. The van der Waals surface area contributed by atoms with Crippen LogP contribution in [0.25, 0.3) is 11.7 Å². The minimum atomic E-state index is -3.53. The Labute approximate surface area is 173 Å². The molecule has 3 heterocycles. The Hall–Kier alpha value is -2.17. The van der Waals surface area contributed by atoms with Gasteiger partial charge in [0.05, 0.1) is 17.0 Å². The SMILES string of the molecule is CN(C1CCCCC1)S(=O)(=O)c1ccc(SCc2nnc(-c3ccco3)o2)nc1. The minimum Gasteiger partial charge on any atom is -0.459 e. The van der Waals surface area contributed by atoms with Gasteiger partial charge in [0.15, 0.2) is 5.76 Å². The molecule has 4 rings (SSSR count). The molecule has 29 heavy (non-hydrogen) atoms. The van der Waals surface area contributed by atoms with Crippen LogP contribution in [-0.4, -0.2) is 41.0 Å². The Kier molecular flexibility index (Phi) is 6.02. The molecular formula is C19H22N4O4S2. The highest BCUT2D eigenvalue weighted by Gasteiger charge is 2.29. The van der Waals surface area contributed by atoms with Crippen molar-refractivity contribution in [2.45, 2.75) is 53.8 Å². The number of hydrogen-bond acceptors (Lipinski definition) is 8. The first-order valence-corrected chi connectivity index (χ1v) is 11.9. The number of hydrogen-bond donors (Lipinski definition) is 0. The summed E-state index contributed by atoms with van der Waals surface area (Å²) >= 11 is 1.39. The first-order valence-electron chi connectivity index (χ1n) is 9.47. The topological polar surface area (TPSA) is 102 Å². The van der Waals surface area contributed by atoms with Gasteiger partial charge in [0.2, 0.25) is 15.9 Å². The van der Waals surface area contributed by atoms with Crippen molar-refractivity contribution in [2.24, 2.45) is 0 Å². The van der Waals surface area contributed by atoms with Gasteiger partial charge in [-0.3, -0.25) is 0 Å². The van der Waals surface area contributed by atoms with E-state index >= 15 is 0 Å². The Bertz CT molecular complexity index is 1030. The predicted octanol–water partition coefficient (Wildman–Crippen LogP) is 3.97. The molecule has 3 aromatic heterocycles. The van der Waals surface area contributed by atoms with E-state index in [9.17, 15) is 8.42 Å². The fraction of sp³-hybridized carbons (Fsp3) is 0.421. The van der Waals surface area contributed by atoms with Crippen LogP contribution in [0.2, 0.25) is 0 Å². The molecule has 0 aliphatic heterocycles. The van der Waals surface area contributed by atoms with Crippen LogP contribution in [0.1, 0.15) is 38.0 Å². The molecule has 10 heteroatoms. The van der Waals surface area contributed by atoms with Gasteiger partial charge in [0.1, 0.15) is 4.90 Å². The van der Waals surface area contributed by atoms with E-state index in [4.69, 9.17) is 8.83 Å². The Balaban J connectivity index is 1.38. The summed E-state index contributed by atoms with van der Waals surface area (Å²) in [5, 5.41) is 8.63. The van der Waals surface area contributed by atoms with Gasteiger partial charge in [0.25, 0.3) is 5.89 Å². The number of rotatable bonds is 7. The molecule has 0 atom stereocenters. The highest BCUT2D eigenvalue weighted by molar-refractivity contribution is 7.98. The van der Waals surface area contributed by atoms with E-state index in [0.29, 0.717) is 28.3 Å². The molecule has 1 saturated carbocycles. The molecule has 0 aromatic carbocycles. The lowest BCUT2D eigenvalue weighted by molar-refractivity contribution is 0.285. The lowest BCUT2D eigenvalue weighted by Crippen LogP contribution is -2.38. The molecule has 3 aromatic rings. The summed E-state index contributed by atoms with van der Waals surface area (Å²) in [6.45, 7) is 0. The molecule has 0 spiro atoms. The molecule has 1 fully saturated rings. The Morgan fingerprint density at radius 1 is 1.17 bits per heavy atom. The van der Waals surface area contributed by atoms with Gasteiger partial charge >= 0.3 is 0 Å². The van der Waals surface area contributed by atoms with Gasteiger partial charge in [0, 0.05) is 19.3 Å². The maximum atomic E-state index is 12.9. The van der Waals surface area contributed by atoms with Crippen LogP contribution in [0.15, 0.2) is 55.5 Å². The third-order valence-electron chi connectivity index (χ3n) is 5.02. The summed E-state index contributed by atoms with van der Waals surface area (Å²) in [6, 6.07) is 6.88. The second-order valence-electron chi connectivity index (χ2n) is 6.91. The van der Waals surface area contributed by atoms with Gasteiger partial charge in [-0.1, -0.05) is 31.0 Å². The van der Waals surface area contributed by atoms with E-state index in [1.807, 2.05) is 0 Å². The van der Waals surface area contributed by atoms with Crippen LogP contribution in [0.3, 0.4) is 0 Å². The summed E-state index contributed by atoms with van der Waals surface area (Å²) in [5.74, 6) is 1.71. The van der Waals surface area contributed by atoms with Gasteiger partial charge < -0.3 is 8.83 Å². The maximum Gasteiger partial charge on any atom is 0.283 e. The van der Waals surface area contributed by atoms with E-state index in [1.54, 1.807) is 37.6 Å². The van der Waals surface area contributed by atoms with Gasteiger partial charge in [-0.25, -0.2) is 13.4 Å². The van der Waals surface area contributed by atoms with Crippen LogP contribution in [0, 0.1) is 0 Å². The zero-order valence-electron chi connectivity index (χ0n) is 16.0. The smallest absolute Gasteiger partial charge is 0.283 e. The second kappa shape index (κ2) is 8.68. The lowest BCUT2D eigenvalue weighted by atomic mass is 9.96. The second-order valence-corrected chi connectivity index (χ2v) is 9.91. The van der Waals surface area contributed by atoms with Crippen LogP contribution < -0.4 is 0 Å². The third kappa shape index (κ3) is 4.54. The van der Waals surface area contributed by atoms with E-state index in [1.165, 1.54) is 28.7 Å². The maximum absolute atomic E-state index is 12.9. The van der Waals surface area contributed by atoms with Crippen LogP contribution in [0.5, 0.6) is 0 Å². The molecule has 0 N–H and O–H groups in total. The molecule has 154 valence electrons. The average molecular weight is 435 g/mol. The van der Waals surface area contributed by atoms with E-state index in [2.05, 4.69) is 15.2 Å². The van der Waals surface area contributed by atoms with E-state index in [0.717, 1.165) is 25.7 Å². The van der Waals surface area contributed by atoms with Crippen molar-refractivity contribution >= 4 is 21.8 Å². The monoisotopic (exact) mass is 434 g/mol. The summed E-state index contributed by atoms with van der Waals surface area (Å²) in [5.41, 5.74) is 0. The molecule has 0 bridgehead atoms. The van der Waals surface area contributed by atoms with Crippen molar-refractivity contribution in [2.75, 3.05) is 7.05 Å². The summed E-state index contributed by atoms with van der Waals surface area (Å²) in [7, 11) is -1.87. The lowest BCUT2D eigenvalue weighted by Gasteiger charge is -2.30. The molecule has 1 aliphatic rings.